The van der Waals surface area contributed by atoms with E-state index < -0.39 is 5.60 Å². The quantitative estimate of drug-likeness (QED) is 0.847. The lowest BCUT2D eigenvalue weighted by molar-refractivity contribution is 0.0541. The van der Waals surface area contributed by atoms with Gasteiger partial charge in [-0.3, -0.25) is 4.68 Å². The van der Waals surface area contributed by atoms with Crippen molar-refractivity contribution in [2.75, 3.05) is 6.54 Å². The molecule has 2 N–H and O–H groups in total. The highest BCUT2D eigenvalue weighted by Crippen LogP contribution is 2.22. The summed E-state index contributed by atoms with van der Waals surface area (Å²) in [5.41, 5.74) is 0.123. The van der Waals surface area contributed by atoms with Crippen molar-refractivity contribution < 1.29 is 5.11 Å². The number of thiophene rings is 1. The second-order valence-electron chi connectivity index (χ2n) is 4.95. The summed E-state index contributed by atoms with van der Waals surface area (Å²) in [7, 11) is 0. The van der Waals surface area contributed by atoms with E-state index in [2.05, 4.69) is 33.3 Å². The van der Waals surface area contributed by atoms with Gasteiger partial charge in [0, 0.05) is 18.8 Å². The molecule has 0 fully saturated rings. The van der Waals surface area contributed by atoms with Crippen molar-refractivity contribution in [2.24, 2.45) is 0 Å². The fraction of sp³-hybridized carbons (Fsp3) is 0.462. The zero-order chi connectivity index (χ0) is 13.9. The maximum absolute atomic E-state index is 10.4. The molecule has 0 amide bonds. The third-order valence-corrected chi connectivity index (χ3v) is 4.09. The zero-order valence-electron chi connectivity index (χ0n) is 11.0. The summed E-state index contributed by atoms with van der Waals surface area (Å²) in [6.45, 7) is 5.21. The van der Waals surface area contributed by atoms with Crippen LogP contribution in [0.1, 0.15) is 19.4 Å². The molecule has 2 heterocycles. The molecule has 6 heteroatoms. The Bertz CT molecular complexity index is 510. The molecule has 2 rings (SSSR count). The van der Waals surface area contributed by atoms with Crippen LogP contribution in [0, 0.1) is 0 Å². The minimum atomic E-state index is -0.834. The maximum atomic E-state index is 10.4. The van der Waals surface area contributed by atoms with E-state index in [9.17, 15) is 5.11 Å². The first-order valence-electron chi connectivity index (χ1n) is 6.14. The zero-order valence-corrected chi connectivity index (χ0v) is 13.4. The minimum Gasteiger partial charge on any atom is -0.384 e. The molecule has 0 aromatic carbocycles. The number of aromatic nitrogens is 2. The fourth-order valence-electron chi connectivity index (χ4n) is 1.83. The average Bonchev–Trinajstić information content (AvgIpc) is 2.98. The van der Waals surface area contributed by atoms with Crippen molar-refractivity contribution in [1.29, 1.82) is 0 Å². The second kappa shape index (κ2) is 6.17. The van der Waals surface area contributed by atoms with E-state index in [1.54, 1.807) is 17.5 Å². The Hall–Kier alpha value is -0.690. The molecule has 4 nitrogen and oxygen atoms in total. The van der Waals surface area contributed by atoms with Gasteiger partial charge >= 0.3 is 0 Å². The number of hydrogen-bond donors (Lipinski definition) is 2. The van der Waals surface area contributed by atoms with Crippen LogP contribution in [0.15, 0.2) is 33.7 Å². The van der Waals surface area contributed by atoms with Crippen LogP contribution in [0.25, 0.3) is 0 Å². The number of halogens is 1. The van der Waals surface area contributed by atoms with Crippen LogP contribution >= 0.6 is 27.3 Å². The summed E-state index contributed by atoms with van der Waals surface area (Å²) in [4.78, 5) is 0. The Morgan fingerprint density at radius 2 is 2.42 bits per heavy atom. The minimum absolute atomic E-state index is 0.233. The standard InChI is InChI=1S/C13H18BrN3OS/c1-10(6-17-7-12(14)5-16-17)15-9-13(2,18)11-3-4-19-8-11/h3-5,7-8,10,15,18H,6,9H2,1-2H3/t10-,13+/m0/s1. The largest absolute Gasteiger partial charge is 0.384 e. The van der Waals surface area contributed by atoms with E-state index in [4.69, 9.17) is 0 Å². The van der Waals surface area contributed by atoms with Crippen LogP contribution in [0.2, 0.25) is 0 Å². The number of hydrogen-bond acceptors (Lipinski definition) is 4. The molecule has 0 aliphatic rings. The van der Waals surface area contributed by atoms with Crippen LogP contribution < -0.4 is 5.32 Å². The van der Waals surface area contributed by atoms with Gasteiger partial charge in [0.05, 0.1) is 22.8 Å². The number of nitrogens with one attached hydrogen (secondary N) is 1. The van der Waals surface area contributed by atoms with Crippen LogP contribution in [0.3, 0.4) is 0 Å². The first-order valence-corrected chi connectivity index (χ1v) is 7.87. The van der Waals surface area contributed by atoms with E-state index in [0.29, 0.717) is 6.54 Å². The van der Waals surface area contributed by atoms with Gasteiger partial charge < -0.3 is 10.4 Å². The summed E-state index contributed by atoms with van der Waals surface area (Å²) >= 11 is 4.98. The molecule has 0 radical (unpaired) electrons. The summed E-state index contributed by atoms with van der Waals surface area (Å²) in [5.74, 6) is 0. The van der Waals surface area contributed by atoms with E-state index in [-0.39, 0.29) is 6.04 Å². The molecular formula is C13H18BrN3OS. The molecule has 0 saturated carbocycles. The molecule has 2 aromatic rings. The molecule has 0 bridgehead atoms. The van der Waals surface area contributed by atoms with Crippen LogP contribution in [0.4, 0.5) is 0 Å². The van der Waals surface area contributed by atoms with Crippen molar-refractivity contribution in [3.05, 3.63) is 39.3 Å². The highest BCUT2D eigenvalue weighted by atomic mass is 79.9. The predicted octanol–water partition coefficient (Wildman–Crippen LogP) is 2.59. The molecule has 19 heavy (non-hydrogen) atoms. The highest BCUT2D eigenvalue weighted by molar-refractivity contribution is 9.10. The lowest BCUT2D eigenvalue weighted by Gasteiger charge is -2.25. The van der Waals surface area contributed by atoms with Crippen LogP contribution in [0.5, 0.6) is 0 Å². The molecule has 0 aliphatic carbocycles. The molecule has 2 atom stereocenters. The molecule has 0 spiro atoms. The maximum Gasteiger partial charge on any atom is 0.1000 e. The number of aliphatic hydroxyl groups is 1. The monoisotopic (exact) mass is 343 g/mol. The number of nitrogens with zero attached hydrogens (tertiary/aromatic N) is 2. The molecule has 0 aliphatic heterocycles. The summed E-state index contributed by atoms with van der Waals surface area (Å²) in [6.07, 6.45) is 3.71. The van der Waals surface area contributed by atoms with Crippen molar-refractivity contribution >= 4 is 27.3 Å². The van der Waals surface area contributed by atoms with Gasteiger partial charge in [-0.25, -0.2) is 0 Å². The van der Waals surface area contributed by atoms with E-state index in [1.165, 1.54) is 0 Å². The normalized spacial score (nSPS) is 16.2. The summed E-state index contributed by atoms with van der Waals surface area (Å²) in [6, 6.07) is 2.19. The first kappa shape index (κ1) is 14.7. The Labute approximate surface area is 125 Å². The average molecular weight is 344 g/mol. The molecule has 2 aromatic heterocycles. The Morgan fingerprint density at radius 3 is 3.00 bits per heavy atom. The van der Waals surface area contributed by atoms with Gasteiger partial charge in [-0.05, 0) is 52.2 Å². The molecular weight excluding hydrogens is 326 g/mol. The Morgan fingerprint density at radius 1 is 1.63 bits per heavy atom. The van der Waals surface area contributed by atoms with Crippen molar-refractivity contribution in [3.8, 4) is 0 Å². The fourth-order valence-corrected chi connectivity index (χ4v) is 2.94. The third kappa shape index (κ3) is 4.14. The highest BCUT2D eigenvalue weighted by Gasteiger charge is 2.23. The lowest BCUT2D eigenvalue weighted by atomic mass is 9.99. The van der Waals surface area contributed by atoms with Crippen molar-refractivity contribution in [2.45, 2.75) is 32.0 Å². The van der Waals surface area contributed by atoms with E-state index >= 15 is 0 Å². The molecule has 0 unspecified atom stereocenters. The topological polar surface area (TPSA) is 50.1 Å². The predicted molar refractivity (Wildman–Crippen MR) is 81.3 cm³/mol. The van der Waals surface area contributed by atoms with Gasteiger partial charge in [0.15, 0.2) is 0 Å². The van der Waals surface area contributed by atoms with Gasteiger partial charge in [0.1, 0.15) is 0 Å². The smallest absolute Gasteiger partial charge is 0.1000 e. The second-order valence-corrected chi connectivity index (χ2v) is 6.64. The number of rotatable bonds is 6. The van der Waals surface area contributed by atoms with Gasteiger partial charge in [0.2, 0.25) is 0 Å². The SMILES string of the molecule is C[C@@H](Cn1cc(Br)cn1)NC[C@@](C)(O)c1ccsc1. The van der Waals surface area contributed by atoms with Crippen molar-refractivity contribution in [1.82, 2.24) is 15.1 Å². The van der Waals surface area contributed by atoms with E-state index in [0.717, 1.165) is 16.6 Å². The summed E-state index contributed by atoms with van der Waals surface area (Å²) in [5, 5.41) is 21.9. The van der Waals surface area contributed by atoms with Gasteiger partial charge in [-0.2, -0.15) is 16.4 Å². The van der Waals surface area contributed by atoms with Crippen LogP contribution in [-0.2, 0) is 12.1 Å². The Kier molecular flexibility index (Phi) is 4.78. The van der Waals surface area contributed by atoms with Crippen LogP contribution in [-0.4, -0.2) is 27.5 Å². The third-order valence-electron chi connectivity index (χ3n) is 3.00. The summed E-state index contributed by atoms with van der Waals surface area (Å²) < 4.78 is 2.85. The lowest BCUT2D eigenvalue weighted by Crippen LogP contribution is -2.41. The molecule has 0 saturated heterocycles. The molecule has 104 valence electrons. The first-order chi connectivity index (χ1) is 8.97. The van der Waals surface area contributed by atoms with E-state index in [1.807, 2.05) is 34.6 Å². The van der Waals surface area contributed by atoms with Gasteiger partial charge in [-0.1, -0.05) is 0 Å². The Balaban J connectivity index is 1.85. The van der Waals surface area contributed by atoms with Gasteiger partial charge in [-0.15, -0.1) is 0 Å². The van der Waals surface area contributed by atoms with Crippen molar-refractivity contribution in [3.63, 3.8) is 0 Å². The van der Waals surface area contributed by atoms with Gasteiger partial charge in [0.25, 0.3) is 0 Å².